The van der Waals surface area contributed by atoms with Crippen molar-refractivity contribution in [2.45, 2.75) is 12.8 Å². The Morgan fingerprint density at radius 2 is 1.93 bits per heavy atom. The molecule has 0 bridgehead atoms. The van der Waals surface area contributed by atoms with Crippen LogP contribution in [0.2, 0.25) is 0 Å². The second kappa shape index (κ2) is 6.52. The first-order valence-electron chi connectivity index (χ1n) is 8.86. The van der Waals surface area contributed by atoms with Crippen molar-refractivity contribution in [3.05, 3.63) is 78.1 Å². The molecule has 2 N–H and O–H groups in total. The van der Waals surface area contributed by atoms with Gasteiger partial charge in [0, 0.05) is 29.0 Å². The van der Waals surface area contributed by atoms with Crippen molar-refractivity contribution >= 4 is 38.5 Å². The highest BCUT2D eigenvalue weighted by Gasteiger charge is 2.19. The monoisotopic (exact) mass is 371 g/mol. The molecule has 1 aliphatic carbocycles. The summed E-state index contributed by atoms with van der Waals surface area (Å²) in [7, 11) is 0. The van der Waals surface area contributed by atoms with Crippen molar-refractivity contribution < 1.29 is 5.21 Å². The van der Waals surface area contributed by atoms with Gasteiger partial charge in [-0.1, -0.05) is 41.6 Å². The molecule has 132 valence electrons. The van der Waals surface area contributed by atoms with Crippen molar-refractivity contribution in [1.29, 1.82) is 0 Å². The van der Waals surface area contributed by atoms with E-state index in [0.717, 1.165) is 40.2 Å². The SMILES string of the molecule is O/N=C1\CCc2cc(Nc3c(-c4ccccc4)sc4cnccc34)ccc21. The maximum absolute atomic E-state index is 9.14. The van der Waals surface area contributed by atoms with Gasteiger partial charge in [-0.05, 0) is 42.2 Å². The van der Waals surface area contributed by atoms with E-state index in [9.17, 15) is 0 Å². The Balaban J connectivity index is 1.61. The third-order valence-corrected chi connectivity index (χ3v) is 6.16. The lowest BCUT2D eigenvalue weighted by atomic mass is 10.1. The van der Waals surface area contributed by atoms with Crippen molar-refractivity contribution in [3.8, 4) is 10.4 Å². The van der Waals surface area contributed by atoms with Crippen LogP contribution in [0.25, 0.3) is 20.5 Å². The Labute approximate surface area is 160 Å². The molecule has 5 heteroatoms. The predicted molar refractivity (Wildman–Crippen MR) is 111 cm³/mol. The minimum Gasteiger partial charge on any atom is -0.411 e. The number of oxime groups is 1. The highest BCUT2D eigenvalue weighted by atomic mass is 32.1. The van der Waals surface area contributed by atoms with E-state index in [0.29, 0.717) is 0 Å². The van der Waals surface area contributed by atoms with E-state index in [-0.39, 0.29) is 0 Å². The van der Waals surface area contributed by atoms with E-state index in [1.165, 1.54) is 21.4 Å². The Bertz CT molecular complexity index is 1160. The summed E-state index contributed by atoms with van der Waals surface area (Å²) >= 11 is 1.75. The molecule has 4 nitrogen and oxygen atoms in total. The van der Waals surface area contributed by atoms with Crippen LogP contribution in [0.4, 0.5) is 11.4 Å². The Morgan fingerprint density at radius 1 is 1.04 bits per heavy atom. The number of aromatic nitrogens is 1. The van der Waals surface area contributed by atoms with E-state index in [1.807, 2.05) is 24.5 Å². The van der Waals surface area contributed by atoms with Gasteiger partial charge in [0.1, 0.15) is 0 Å². The largest absolute Gasteiger partial charge is 0.411 e. The topological polar surface area (TPSA) is 57.5 Å². The van der Waals surface area contributed by atoms with Crippen LogP contribution in [0.3, 0.4) is 0 Å². The average molecular weight is 371 g/mol. The zero-order valence-electron chi connectivity index (χ0n) is 14.5. The van der Waals surface area contributed by atoms with E-state index in [2.05, 4.69) is 57.9 Å². The van der Waals surface area contributed by atoms with Gasteiger partial charge in [0.05, 0.1) is 21.0 Å². The Morgan fingerprint density at radius 3 is 2.78 bits per heavy atom. The molecule has 0 saturated carbocycles. The minimum absolute atomic E-state index is 0.772. The van der Waals surface area contributed by atoms with Crippen LogP contribution in [0.1, 0.15) is 17.5 Å². The zero-order valence-corrected chi connectivity index (χ0v) is 15.3. The van der Waals surface area contributed by atoms with Gasteiger partial charge >= 0.3 is 0 Å². The first kappa shape index (κ1) is 16.0. The lowest BCUT2D eigenvalue weighted by Crippen LogP contribution is -1.96. The third-order valence-electron chi connectivity index (χ3n) is 4.97. The molecular weight excluding hydrogens is 354 g/mol. The van der Waals surface area contributed by atoms with Crippen LogP contribution in [-0.2, 0) is 6.42 Å². The van der Waals surface area contributed by atoms with E-state index in [1.54, 1.807) is 11.3 Å². The number of benzene rings is 2. The van der Waals surface area contributed by atoms with Crippen LogP contribution in [-0.4, -0.2) is 15.9 Å². The molecule has 0 fully saturated rings. The van der Waals surface area contributed by atoms with Crippen molar-refractivity contribution in [2.24, 2.45) is 5.16 Å². The summed E-state index contributed by atoms with van der Waals surface area (Å²) in [6, 6.07) is 18.7. The summed E-state index contributed by atoms with van der Waals surface area (Å²) in [5.74, 6) is 0. The van der Waals surface area contributed by atoms with Crippen LogP contribution in [0.5, 0.6) is 0 Å². The number of fused-ring (bicyclic) bond motifs is 2. The number of hydrogen-bond acceptors (Lipinski definition) is 5. The number of hydrogen-bond donors (Lipinski definition) is 2. The maximum Gasteiger partial charge on any atom is 0.0873 e. The zero-order chi connectivity index (χ0) is 18.2. The standard InChI is InChI=1S/C22H17N3OS/c26-25-19-9-6-15-12-16(7-8-17(15)19)24-21-18-10-11-23-13-20(18)27-22(21)14-4-2-1-3-5-14/h1-5,7-8,10-13,24,26H,6,9H2/b25-19+. The van der Waals surface area contributed by atoms with Gasteiger partial charge in [-0.15, -0.1) is 11.3 Å². The molecule has 0 radical (unpaired) electrons. The maximum atomic E-state index is 9.14. The molecule has 1 aliphatic rings. The molecule has 5 rings (SSSR count). The molecule has 0 amide bonds. The number of nitrogens with zero attached hydrogens (tertiary/aromatic N) is 2. The molecule has 27 heavy (non-hydrogen) atoms. The van der Waals surface area contributed by atoms with Crippen molar-refractivity contribution in [3.63, 3.8) is 0 Å². The minimum atomic E-state index is 0.772. The Kier molecular flexibility index (Phi) is 3.87. The third kappa shape index (κ3) is 2.76. The molecule has 0 atom stereocenters. The molecule has 0 unspecified atom stereocenters. The second-order valence-corrected chi connectivity index (χ2v) is 7.64. The summed E-state index contributed by atoms with van der Waals surface area (Å²) in [4.78, 5) is 5.48. The summed E-state index contributed by atoms with van der Waals surface area (Å²) in [5, 5.41) is 17.4. The molecule has 2 heterocycles. The fraction of sp³-hybridized carbons (Fsp3) is 0.0909. The van der Waals surface area contributed by atoms with Crippen LogP contribution < -0.4 is 5.32 Å². The quantitative estimate of drug-likeness (QED) is 0.352. The molecule has 2 aromatic heterocycles. The van der Waals surface area contributed by atoms with Gasteiger partial charge < -0.3 is 10.5 Å². The second-order valence-electron chi connectivity index (χ2n) is 6.59. The normalized spacial score (nSPS) is 14.6. The summed E-state index contributed by atoms with van der Waals surface area (Å²) < 4.78 is 1.16. The fourth-order valence-electron chi connectivity index (χ4n) is 3.66. The summed E-state index contributed by atoms with van der Waals surface area (Å²) in [6.45, 7) is 0. The first-order chi connectivity index (χ1) is 13.3. The summed E-state index contributed by atoms with van der Waals surface area (Å²) in [6.07, 6.45) is 5.45. The fourth-order valence-corrected chi connectivity index (χ4v) is 4.79. The predicted octanol–water partition coefficient (Wildman–Crippen LogP) is 5.83. The molecule has 4 aromatic rings. The van der Waals surface area contributed by atoms with Crippen LogP contribution in [0, 0.1) is 0 Å². The number of pyridine rings is 1. The first-order valence-corrected chi connectivity index (χ1v) is 9.68. The number of nitrogens with one attached hydrogen (secondary N) is 1. The van der Waals surface area contributed by atoms with E-state index < -0.39 is 0 Å². The number of anilines is 2. The lowest BCUT2D eigenvalue weighted by Gasteiger charge is -2.11. The van der Waals surface area contributed by atoms with Gasteiger partial charge in [0.2, 0.25) is 0 Å². The number of thiophene rings is 1. The molecule has 0 saturated heterocycles. The number of aryl methyl sites for hydroxylation is 1. The lowest BCUT2D eigenvalue weighted by molar-refractivity contribution is 0.318. The highest BCUT2D eigenvalue weighted by Crippen LogP contribution is 2.43. The van der Waals surface area contributed by atoms with Crippen molar-refractivity contribution in [2.75, 3.05) is 5.32 Å². The Hall–Kier alpha value is -3.18. The van der Waals surface area contributed by atoms with Gasteiger partial charge in [-0.3, -0.25) is 4.98 Å². The highest BCUT2D eigenvalue weighted by molar-refractivity contribution is 7.23. The molecule has 0 spiro atoms. The van der Waals surface area contributed by atoms with Gasteiger partial charge in [0.15, 0.2) is 0 Å². The van der Waals surface area contributed by atoms with Gasteiger partial charge in [-0.25, -0.2) is 0 Å². The molecule has 2 aromatic carbocycles. The smallest absolute Gasteiger partial charge is 0.0873 e. The van der Waals surface area contributed by atoms with Gasteiger partial charge in [0.25, 0.3) is 0 Å². The molecular formula is C22H17N3OS. The van der Waals surface area contributed by atoms with Gasteiger partial charge in [-0.2, -0.15) is 0 Å². The van der Waals surface area contributed by atoms with E-state index >= 15 is 0 Å². The molecule has 0 aliphatic heterocycles. The van der Waals surface area contributed by atoms with Crippen LogP contribution >= 0.6 is 11.3 Å². The van der Waals surface area contributed by atoms with Crippen molar-refractivity contribution in [1.82, 2.24) is 4.98 Å². The number of rotatable bonds is 3. The summed E-state index contributed by atoms with van der Waals surface area (Å²) in [5.41, 5.74) is 6.38. The van der Waals surface area contributed by atoms with E-state index in [4.69, 9.17) is 5.21 Å². The van der Waals surface area contributed by atoms with Crippen LogP contribution in [0.15, 0.2) is 72.1 Å². The average Bonchev–Trinajstić information content (AvgIpc) is 3.30.